The Morgan fingerprint density at radius 3 is 1.89 bits per heavy atom. The van der Waals surface area contributed by atoms with E-state index in [4.69, 9.17) is 22.3 Å². The zero-order chi connectivity index (χ0) is 28.5. The zero-order valence-corrected chi connectivity index (χ0v) is 21.4. The molecule has 0 aliphatic heterocycles. The number of nitrogens with two attached hydrogens (primary N) is 3. The maximum atomic E-state index is 13.2. The summed E-state index contributed by atoms with van der Waals surface area (Å²) in [6.45, 7) is 0.752. The Bertz CT molecular complexity index is 896. The molecule has 1 heterocycles. The molecule has 0 saturated carbocycles. The van der Waals surface area contributed by atoms with Gasteiger partial charge in [0, 0.05) is 24.7 Å². The minimum absolute atomic E-state index is 0.0195. The van der Waals surface area contributed by atoms with Gasteiger partial charge >= 0.3 is 11.9 Å². The van der Waals surface area contributed by atoms with E-state index in [1.54, 1.807) is 0 Å². The molecule has 214 valence electrons. The van der Waals surface area contributed by atoms with Crippen molar-refractivity contribution < 1.29 is 34.2 Å². The van der Waals surface area contributed by atoms with Gasteiger partial charge in [-0.15, -0.1) is 0 Å². The molecule has 4 unspecified atom stereocenters. The van der Waals surface area contributed by atoms with Gasteiger partial charge in [0.05, 0.1) is 12.4 Å². The summed E-state index contributed by atoms with van der Waals surface area (Å²) in [5.74, 6) is -4.45. The van der Waals surface area contributed by atoms with Gasteiger partial charge in [0.1, 0.15) is 18.1 Å². The van der Waals surface area contributed by atoms with Crippen LogP contribution in [0, 0.1) is 0 Å². The molecule has 1 rings (SSSR count). The summed E-state index contributed by atoms with van der Waals surface area (Å²) < 4.78 is 0. The molecule has 15 heteroatoms. The third kappa shape index (κ3) is 12.6. The third-order valence-electron chi connectivity index (χ3n) is 5.76. The molecule has 1 aromatic heterocycles. The molecule has 0 spiro atoms. The quantitative estimate of drug-likeness (QED) is 0.0811. The highest BCUT2D eigenvalue weighted by molar-refractivity contribution is 5.94. The molecule has 0 aliphatic carbocycles. The number of carbonyl (C=O) groups excluding carboxylic acids is 3. The van der Waals surface area contributed by atoms with Crippen LogP contribution in [0.15, 0.2) is 12.5 Å². The Morgan fingerprint density at radius 2 is 1.37 bits per heavy atom. The normalized spacial score (nSPS) is 14.1. The Kier molecular flexibility index (Phi) is 15.2. The predicted molar refractivity (Wildman–Crippen MR) is 136 cm³/mol. The largest absolute Gasteiger partial charge is 0.481 e. The monoisotopic (exact) mass is 540 g/mol. The molecule has 15 nitrogen and oxygen atoms in total. The average Bonchev–Trinajstić information content (AvgIpc) is 3.38. The molecular weight excluding hydrogens is 500 g/mol. The second-order valence-corrected chi connectivity index (χ2v) is 8.91. The van der Waals surface area contributed by atoms with Crippen LogP contribution < -0.4 is 33.2 Å². The Morgan fingerprint density at radius 1 is 0.816 bits per heavy atom. The van der Waals surface area contributed by atoms with Crippen LogP contribution in [-0.2, 0) is 30.4 Å². The van der Waals surface area contributed by atoms with E-state index in [2.05, 4.69) is 25.9 Å². The molecule has 38 heavy (non-hydrogen) atoms. The number of unbranched alkanes of at least 4 members (excludes halogenated alkanes) is 2. The maximum Gasteiger partial charge on any atom is 0.326 e. The number of aliphatic carboxylic acids is 2. The molecule has 0 aliphatic rings. The number of hydrogen-bond acceptors (Lipinski definition) is 9. The molecule has 12 N–H and O–H groups in total. The molecule has 4 atom stereocenters. The number of carboxylic acids is 2. The van der Waals surface area contributed by atoms with Crippen LogP contribution >= 0.6 is 0 Å². The number of nitrogens with zero attached hydrogens (tertiary/aromatic N) is 1. The number of rotatable bonds is 20. The van der Waals surface area contributed by atoms with Gasteiger partial charge in [-0.3, -0.25) is 19.2 Å². The predicted octanol–water partition coefficient (Wildman–Crippen LogP) is -2.06. The van der Waals surface area contributed by atoms with Crippen LogP contribution in [0.2, 0.25) is 0 Å². The fraction of sp³-hybridized carbons (Fsp3) is 0.652. The average molecular weight is 541 g/mol. The van der Waals surface area contributed by atoms with Gasteiger partial charge in [-0.1, -0.05) is 0 Å². The first-order valence-electron chi connectivity index (χ1n) is 12.6. The van der Waals surface area contributed by atoms with Crippen LogP contribution in [0.5, 0.6) is 0 Å². The number of nitrogens with one attached hydrogen (secondary N) is 4. The molecular formula is C23H40N8O7. The number of aromatic amines is 1. The van der Waals surface area contributed by atoms with E-state index >= 15 is 0 Å². The van der Waals surface area contributed by atoms with Gasteiger partial charge in [-0.2, -0.15) is 0 Å². The fourth-order valence-electron chi connectivity index (χ4n) is 3.57. The molecule has 0 fully saturated rings. The number of aromatic nitrogens is 2. The van der Waals surface area contributed by atoms with Gasteiger partial charge in [-0.25, -0.2) is 9.78 Å². The number of carbonyl (C=O) groups is 5. The number of H-pyrrole nitrogens is 1. The molecule has 0 aromatic carbocycles. The second-order valence-electron chi connectivity index (χ2n) is 8.91. The van der Waals surface area contributed by atoms with Crippen molar-refractivity contribution in [1.29, 1.82) is 0 Å². The lowest BCUT2D eigenvalue weighted by Gasteiger charge is -2.25. The van der Waals surface area contributed by atoms with Crippen molar-refractivity contribution in [3.63, 3.8) is 0 Å². The van der Waals surface area contributed by atoms with Gasteiger partial charge in [-0.05, 0) is 58.0 Å². The highest BCUT2D eigenvalue weighted by Crippen LogP contribution is 2.07. The molecule has 0 saturated heterocycles. The topological polar surface area (TPSA) is 269 Å². The minimum Gasteiger partial charge on any atom is -0.481 e. The van der Waals surface area contributed by atoms with E-state index in [9.17, 15) is 29.1 Å². The lowest BCUT2D eigenvalue weighted by Crippen LogP contribution is -2.57. The maximum absolute atomic E-state index is 13.2. The van der Waals surface area contributed by atoms with Crippen molar-refractivity contribution in [1.82, 2.24) is 25.9 Å². The van der Waals surface area contributed by atoms with Crippen molar-refractivity contribution in [3.05, 3.63) is 18.2 Å². The summed E-state index contributed by atoms with van der Waals surface area (Å²) in [5.41, 5.74) is 17.3. The van der Waals surface area contributed by atoms with Crippen LogP contribution in [-0.4, -0.2) is 87.1 Å². The van der Waals surface area contributed by atoms with Crippen LogP contribution in [0.3, 0.4) is 0 Å². The zero-order valence-electron chi connectivity index (χ0n) is 21.4. The second kappa shape index (κ2) is 17.8. The Balaban J connectivity index is 3.02. The number of imidazole rings is 1. The van der Waals surface area contributed by atoms with E-state index < -0.39 is 53.8 Å². The number of hydrogen-bond donors (Lipinski definition) is 9. The van der Waals surface area contributed by atoms with Crippen LogP contribution in [0.25, 0.3) is 0 Å². The van der Waals surface area contributed by atoms with Crippen molar-refractivity contribution in [3.8, 4) is 0 Å². The van der Waals surface area contributed by atoms with Crippen LogP contribution in [0.4, 0.5) is 0 Å². The van der Waals surface area contributed by atoms with Crippen molar-refractivity contribution in [2.24, 2.45) is 17.2 Å². The summed E-state index contributed by atoms with van der Waals surface area (Å²) >= 11 is 0. The van der Waals surface area contributed by atoms with E-state index in [1.165, 1.54) is 12.5 Å². The van der Waals surface area contributed by atoms with Crippen molar-refractivity contribution >= 4 is 29.7 Å². The first-order valence-corrected chi connectivity index (χ1v) is 12.6. The highest BCUT2D eigenvalue weighted by Gasteiger charge is 2.30. The Hall–Kier alpha value is -3.56. The molecule has 0 radical (unpaired) electrons. The van der Waals surface area contributed by atoms with Gasteiger partial charge in [0.25, 0.3) is 0 Å². The smallest absolute Gasteiger partial charge is 0.326 e. The number of carboxylic acid groups (broad SMARTS) is 2. The summed E-state index contributed by atoms with van der Waals surface area (Å²) in [4.78, 5) is 68.0. The van der Waals surface area contributed by atoms with Gasteiger partial charge < -0.3 is 48.3 Å². The molecule has 3 amide bonds. The summed E-state index contributed by atoms with van der Waals surface area (Å²) in [7, 11) is 0. The lowest BCUT2D eigenvalue weighted by molar-refractivity contribution is -0.142. The lowest BCUT2D eigenvalue weighted by atomic mass is 10.0. The Labute approximate surface area is 220 Å². The summed E-state index contributed by atoms with van der Waals surface area (Å²) in [5, 5.41) is 25.9. The first kappa shape index (κ1) is 32.5. The summed E-state index contributed by atoms with van der Waals surface area (Å²) in [6.07, 6.45) is 4.89. The number of amides is 3. The minimum atomic E-state index is -1.22. The van der Waals surface area contributed by atoms with E-state index in [0.717, 1.165) is 0 Å². The van der Waals surface area contributed by atoms with Gasteiger partial charge in [0.15, 0.2) is 0 Å². The molecule has 0 bridgehead atoms. The first-order chi connectivity index (χ1) is 18.1. The van der Waals surface area contributed by atoms with Crippen molar-refractivity contribution in [2.75, 3.05) is 13.1 Å². The SMILES string of the molecule is NCCCCC(NC(=O)C(Cc1cnc[nH]1)NC(=O)C(CCCCN)NC(=O)C(N)CCC(=O)O)C(=O)O. The highest BCUT2D eigenvalue weighted by atomic mass is 16.4. The summed E-state index contributed by atoms with van der Waals surface area (Å²) in [6, 6.07) is -4.59. The third-order valence-corrected chi connectivity index (χ3v) is 5.76. The van der Waals surface area contributed by atoms with Gasteiger partial charge in [0.2, 0.25) is 17.7 Å². The van der Waals surface area contributed by atoms with E-state index in [0.29, 0.717) is 44.5 Å². The van der Waals surface area contributed by atoms with E-state index in [-0.39, 0.29) is 32.1 Å². The standard InChI is InChI=1S/C23H40N8O7/c24-9-3-1-5-16(29-20(34)15(26)7-8-19(32)33)21(35)31-18(11-14-12-27-13-28-14)22(36)30-17(23(37)38)6-2-4-10-25/h12-13,15-18H,1-11,24-26H2,(H,27,28)(H,29,34)(H,30,36)(H,31,35)(H,32,33)(H,37,38). The van der Waals surface area contributed by atoms with Crippen molar-refractivity contribution in [2.45, 2.75) is 82.0 Å². The fourth-order valence-corrected chi connectivity index (χ4v) is 3.57. The van der Waals surface area contributed by atoms with Crippen LogP contribution in [0.1, 0.15) is 57.1 Å². The molecule has 1 aromatic rings. The van der Waals surface area contributed by atoms with E-state index in [1.807, 2.05) is 0 Å².